The summed E-state index contributed by atoms with van der Waals surface area (Å²) in [6.07, 6.45) is 0.703. The summed E-state index contributed by atoms with van der Waals surface area (Å²) in [4.78, 5) is 23.7. The van der Waals surface area contributed by atoms with E-state index in [4.69, 9.17) is 9.47 Å². The van der Waals surface area contributed by atoms with Gasteiger partial charge in [0.25, 0.3) is 0 Å². The van der Waals surface area contributed by atoms with Crippen LogP contribution in [-0.2, 0) is 17.8 Å². The van der Waals surface area contributed by atoms with Crippen molar-refractivity contribution in [3.05, 3.63) is 53.6 Å². The second-order valence-electron chi connectivity index (χ2n) is 7.18. The summed E-state index contributed by atoms with van der Waals surface area (Å²) < 4.78 is 11.1. The van der Waals surface area contributed by atoms with Gasteiger partial charge in [0.2, 0.25) is 5.91 Å². The van der Waals surface area contributed by atoms with E-state index in [2.05, 4.69) is 16.0 Å². The highest BCUT2D eigenvalue weighted by molar-refractivity contribution is 5.92. The van der Waals surface area contributed by atoms with Crippen LogP contribution in [0.2, 0.25) is 0 Å². The Bertz CT molecular complexity index is 850. The van der Waals surface area contributed by atoms with Crippen molar-refractivity contribution in [2.45, 2.75) is 26.8 Å². The maximum Gasteiger partial charge on any atom is 0.315 e. The number of rotatable bonds is 7. The van der Waals surface area contributed by atoms with Crippen molar-refractivity contribution in [1.82, 2.24) is 10.6 Å². The summed E-state index contributed by atoms with van der Waals surface area (Å²) in [5, 5.41) is 8.52. The average molecular weight is 397 g/mol. The number of hydrogen-bond acceptors (Lipinski definition) is 4. The van der Waals surface area contributed by atoms with Crippen molar-refractivity contribution in [2.75, 3.05) is 25.1 Å². The van der Waals surface area contributed by atoms with Crippen LogP contribution >= 0.6 is 0 Å². The van der Waals surface area contributed by atoms with Crippen LogP contribution in [0.1, 0.15) is 25.0 Å². The number of benzene rings is 2. The lowest BCUT2D eigenvalue weighted by atomic mass is 10.1. The molecule has 3 N–H and O–H groups in total. The maximum atomic E-state index is 12.0. The molecule has 2 aromatic rings. The van der Waals surface area contributed by atoms with Crippen LogP contribution in [0.4, 0.5) is 10.5 Å². The van der Waals surface area contributed by atoms with E-state index in [1.165, 1.54) is 0 Å². The zero-order chi connectivity index (χ0) is 20.6. The first-order valence-corrected chi connectivity index (χ1v) is 9.81. The molecule has 0 aliphatic carbocycles. The third-order valence-electron chi connectivity index (χ3n) is 4.50. The van der Waals surface area contributed by atoms with Gasteiger partial charge in [-0.1, -0.05) is 32.0 Å². The smallest absolute Gasteiger partial charge is 0.315 e. The van der Waals surface area contributed by atoms with Crippen molar-refractivity contribution in [3.8, 4) is 11.5 Å². The normalized spacial score (nSPS) is 12.4. The molecule has 2 aromatic carbocycles. The largest absolute Gasteiger partial charge is 0.486 e. The molecule has 0 atom stereocenters. The molecule has 0 spiro atoms. The first-order chi connectivity index (χ1) is 14.0. The number of hydrogen-bond donors (Lipinski definition) is 3. The maximum absolute atomic E-state index is 12.0. The molecular formula is C22H27N3O4. The Labute approximate surface area is 170 Å². The van der Waals surface area contributed by atoms with E-state index in [9.17, 15) is 9.59 Å². The third kappa shape index (κ3) is 6.14. The minimum Gasteiger partial charge on any atom is -0.486 e. The zero-order valence-corrected chi connectivity index (χ0v) is 16.8. The monoisotopic (exact) mass is 397 g/mol. The molecule has 1 heterocycles. The van der Waals surface area contributed by atoms with Crippen molar-refractivity contribution in [1.29, 1.82) is 0 Å². The molecule has 154 valence electrons. The fraction of sp³-hybridized carbons (Fsp3) is 0.364. The first-order valence-electron chi connectivity index (χ1n) is 9.81. The SMILES string of the molecule is CC(C)C(=O)Nc1ccc(CNC(=O)NCCc2ccc3c(c2)OCCO3)cc1. The lowest BCUT2D eigenvalue weighted by Gasteiger charge is -2.18. The van der Waals surface area contributed by atoms with E-state index < -0.39 is 0 Å². The van der Waals surface area contributed by atoms with Gasteiger partial charge in [0, 0.05) is 24.7 Å². The summed E-state index contributed by atoms with van der Waals surface area (Å²) in [6.45, 7) is 5.76. The molecule has 0 bridgehead atoms. The molecule has 3 rings (SSSR count). The van der Waals surface area contributed by atoms with Crippen molar-refractivity contribution < 1.29 is 19.1 Å². The molecule has 7 nitrogen and oxygen atoms in total. The van der Waals surface area contributed by atoms with Crippen molar-refractivity contribution in [3.63, 3.8) is 0 Å². The highest BCUT2D eigenvalue weighted by Gasteiger charge is 2.11. The fourth-order valence-corrected chi connectivity index (χ4v) is 2.80. The Balaban J connectivity index is 1.38. The topological polar surface area (TPSA) is 88.7 Å². The van der Waals surface area contributed by atoms with Crippen molar-refractivity contribution in [2.24, 2.45) is 5.92 Å². The molecule has 0 unspecified atom stereocenters. The van der Waals surface area contributed by atoms with Crippen LogP contribution in [0.25, 0.3) is 0 Å². The van der Waals surface area contributed by atoms with Crippen LogP contribution in [0.15, 0.2) is 42.5 Å². The second kappa shape index (κ2) is 9.82. The summed E-state index contributed by atoms with van der Waals surface area (Å²) >= 11 is 0. The van der Waals surface area contributed by atoms with E-state index >= 15 is 0 Å². The Morgan fingerprint density at radius 3 is 2.34 bits per heavy atom. The van der Waals surface area contributed by atoms with Crippen LogP contribution in [-0.4, -0.2) is 31.7 Å². The van der Waals surface area contributed by atoms with Crippen LogP contribution in [0, 0.1) is 5.92 Å². The summed E-state index contributed by atoms with van der Waals surface area (Å²) in [7, 11) is 0. The van der Waals surface area contributed by atoms with Gasteiger partial charge in [-0.05, 0) is 41.8 Å². The molecule has 0 saturated heterocycles. The first kappa shape index (κ1) is 20.5. The predicted molar refractivity (Wildman–Crippen MR) is 111 cm³/mol. The Morgan fingerprint density at radius 2 is 1.62 bits per heavy atom. The summed E-state index contributed by atoms with van der Waals surface area (Å²) in [5.74, 6) is 1.43. The molecule has 1 aliphatic rings. The molecule has 0 saturated carbocycles. The zero-order valence-electron chi connectivity index (χ0n) is 16.8. The number of fused-ring (bicyclic) bond motifs is 1. The van der Waals surface area contributed by atoms with Crippen LogP contribution in [0.3, 0.4) is 0 Å². The number of anilines is 1. The molecule has 7 heteroatoms. The number of carbonyl (C=O) groups excluding carboxylic acids is 2. The number of nitrogens with one attached hydrogen (secondary N) is 3. The Morgan fingerprint density at radius 1 is 0.931 bits per heavy atom. The lowest BCUT2D eigenvalue weighted by Crippen LogP contribution is -2.36. The molecular weight excluding hydrogens is 370 g/mol. The summed E-state index contributed by atoms with van der Waals surface area (Å²) in [5.41, 5.74) is 2.78. The highest BCUT2D eigenvalue weighted by atomic mass is 16.6. The van der Waals surface area contributed by atoms with Gasteiger partial charge in [-0.2, -0.15) is 0 Å². The van der Waals surface area contributed by atoms with Gasteiger partial charge in [0.05, 0.1) is 0 Å². The quantitative estimate of drug-likeness (QED) is 0.670. The number of ether oxygens (including phenoxy) is 2. The Kier molecular flexibility index (Phi) is 6.94. The number of amides is 3. The van der Waals surface area contributed by atoms with E-state index in [0.29, 0.717) is 32.7 Å². The molecule has 0 aromatic heterocycles. The van der Waals surface area contributed by atoms with Gasteiger partial charge in [-0.25, -0.2) is 4.79 Å². The van der Waals surface area contributed by atoms with Crippen LogP contribution < -0.4 is 25.4 Å². The molecule has 0 fully saturated rings. The minimum atomic E-state index is -0.222. The molecule has 29 heavy (non-hydrogen) atoms. The fourth-order valence-electron chi connectivity index (χ4n) is 2.80. The minimum absolute atomic E-state index is 0.0201. The van der Waals surface area contributed by atoms with Crippen molar-refractivity contribution >= 4 is 17.6 Å². The van der Waals surface area contributed by atoms with Gasteiger partial charge in [-0.3, -0.25) is 4.79 Å². The molecule has 0 radical (unpaired) electrons. The van der Waals surface area contributed by atoms with Gasteiger partial charge >= 0.3 is 6.03 Å². The standard InChI is InChI=1S/C22H27N3O4/c1-15(2)21(26)25-18-6-3-17(4-7-18)14-24-22(27)23-10-9-16-5-8-19-20(13-16)29-12-11-28-19/h3-8,13,15H,9-12,14H2,1-2H3,(H,25,26)(H2,23,24,27). The van der Waals surface area contributed by atoms with Gasteiger partial charge in [0.1, 0.15) is 13.2 Å². The van der Waals surface area contributed by atoms with Gasteiger partial charge < -0.3 is 25.4 Å². The number of carbonyl (C=O) groups is 2. The summed E-state index contributed by atoms with van der Waals surface area (Å²) in [6, 6.07) is 13.0. The van der Waals surface area contributed by atoms with E-state index in [1.807, 2.05) is 56.3 Å². The van der Waals surface area contributed by atoms with E-state index in [-0.39, 0.29) is 17.9 Å². The predicted octanol–water partition coefficient (Wildman–Crippen LogP) is 3.09. The number of urea groups is 1. The molecule has 1 aliphatic heterocycles. The van der Waals surface area contributed by atoms with Gasteiger partial charge in [0.15, 0.2) is 11.5 Å². The highest BCUT2D eigenvalue weighted by Crippen LogP contribution is 2.30. The van der Waals surface area contributed by atoms with E-state index in [0.717, 1.165) is 28.3 Å². The van der Waals surface area contributed by atoms with E-state index in [1.54, 1.807) is 0 Å². The average Bonchev–Trinajstić information content (AvgIpc) is 2.73. The van der Waals surface area contributed by atoms with Gasteiger partial charge in [-0.15, -0.1) is 0 Å². The lowest BCUT2D eigenvalue weighted by molar-refractivity contribution is -0.118. The molecule has 3 amide bonds. The Hall–Kier alpha value is -3.22. The third-order valence-corrected chi connectivity index (χ3v) is 4.50. The second-order valence-corrected chi connectivity index (χ2v) is 7.18. The van der Waals surface area contributed by atoms with Crippen LogP contribution in [0.5, 0.6) is 11.5 Å².